The number of aromatic nitrogens is 3. The molecular weight excluding hydrogens is 498 g/mol. The lowest BCUT2D eigenvalue weighted by atomic mass is 9.94. The smallest absolute Gasteiger partial charge is 0.145 e. The van der Waals surface area contributed by atoms with Crippen LogP contribution in [0, 0.1) is 0 Å². The lowest BCUT2D eigenvalue weighted by Crippen LogP contribution is -1.97. The van der Waals surface area contributed by atoms with E-state index in [9.17, 15) is 0 Å². The third-order valence-electron chi connectivity index (χ3n) is 7.85. The number of fused-ring (bicyclic) bond motifs is 4. The monoisotopic (exact) mass is 523 g/mol. The highest BCUT2D eigenvalue weighted by Gasteiger charge is 2.15. The van der Waals surface area contributed by atoms with Crippen LogP contribution in [0.5, 0.6) is 0 Å². The third-order valence-corrected chi connectivity index (χ3v) is 7.85. The lowest BCUT2D eigenvalue weighted by molar-refractivity contribution is 1.10. The Bertz CT molecular complexity index is 2190. The van der Waals surface area contributed by atoms with Gasteiger partial charge in [0.05, 0.1) is 16.6 Å². The van der Waals surface area contributed by atoms with Crippen LogP contribution < -0.4 is 0 Å². The van der Waals surface area contributed by atoms with Crippen LogP contribution in [0.1, 0.15) is 0 Å². The highest BCUT2D eigenvalue weighted by atomic mass is 15.1. The summed E-state index contributed by atoms with van der Waals surface area (Å²) in [5.41, 5.74) is 10.1. The zero-order valence-electron chi connectivity index (χ0n) is 22.3. The van der Waals surface area contributed by atoms with Crippen LogP contribution in [-0.4, -0.2) is 14.5 Å². The summed E-state index contributed by atoms with van der Waals surface area (Å²) in [6, 6.07) is 51.3. The van der Waals surface area contributed by atoms with Crippen molar-refractivity contribution in [2.24, 2.45) is 0 Å². The van der Waals surface area contributed by atoms with E-state index in [-0.39, 0.29) is 0 Å². The van der Waals surface area contributed by atoms with Crippen molar-refractivity contribution in [2.45, 2.75) is 0 Å². The predicted octanol–water partition coefficient (Wildman–Crippen LogP) is 9.73. The zero-order chi connectivity index (χ0) is 27.2. The van der Waals surface area contributed by atoms with Gasteiger partial charge >= 0.3 is 0 Å². The molecule has 0 N–H and O–H groups in total. The Balaban J connectivity index is 1.20. The highest BCUT2D eigenvalue weighted by molar-refractivity contribution is 6.10. The van der Waals surface area contributed by atoms with Gasteiger partial charge in [0.15, 0.2) is 0 Å². The second-order valence-electron chi connectivity index (χ2n) is 10.3. The van der Waals surface area contributed by atoms with Gasteiger partial charge in [0, 0.05) is 28.2 Å². The van der Waals surface area contributed by atoms with Crippen molar-refractivity contribution in [1.82, 2.24) is 14.5 Å². The Labute approximate surface area is 238 Å². The minimum atomic E-state index is 0.937. The van der Waals surface area contributed by atoms with Crippen LogP contribution in [0.3, 0.4) is 0 Å². The SMILES string of the molecule is c1ccc(-n2c(-c3cccc(-c4ccc(-c5cccc6c5ccc5cccnc56)cc4)c3)nc3ccccc32)cc1. The number of pyridine rings is 1. The molecule has 0 atom stereocenters. The van der Waals surface area contributed by atoms with E-state index < -0.39 is 0 Å². The normalized spacial score (nSPS) is 11.4. The fourth-order valence-corrected chi connectivity index (χ4v) is 5.89. The maximum atomic E-state index is 5.06. The first kappa shape index (κ1) is 23.4. The summed E-state index contributed by atoms with van der Waals surface area (Å²) < 4.78 is 2.25. The molecule has 3 heteroatoms. The Morgan fingerprint density at radius 3 is 2.17 bits per heavy atom. The van der Waals surface area contributed by atoms with E-state index in [1.165, 1.54) is 27.5 Å². The molecule has 0 bridgehead atoms. The molecule has 0 saturated heterocycles. The van der Waals surface area contributed by atoms with E-state index in [1.807, 2.05) is 24.4 Å². The molecule has 0 saturated carbocycles. The van der Waals surface area contributed by atoms with Crippen LogP contribution in [0.4, 0.5) is 0 Å². The van der Waals surface area contributed by atoms with Crippen LogP contribution >= 0.6 is 0 Å². The fourth-order valence-electron chi connectivity index (χ4n) is 5.89. The van der Waals surface area contributed by atoms with Crippen molar-refractivity contribution >= 4 is 32.7 Å². The zero-order valence-corrected chi connectivity index (χ0v) is 22.3. The summed E-state index contributed by atoms with van der Waals surface area (Å²) in [6.07, 6.45) is 1.87. The van der Waals surface area contributed by atoms with Crippen molar-refractivity contribution in [2.75, 3.05) is 0 Å². The molecule has 0 aliphatic heterocycles. The number of nitrogens with zero attached hydrogens (tertiary/aromatic N) is 3. The molecule has 8 rings (SSSR count). The van der Waals surface area contributed by atoms with Crippen LogP contribution in [-0.2, 0) is 0 Å². The minimum absolute atomic E-state index is 0.937. The average molecular weight is 524 g/mol. The van der Waals surface area contributed by atoms with Gasteiger partial charge in [-0.05, 0) is 64.0 Å². The molecule has 0 radical (unpaired) electrons. The molecular formula is C38H25N3. The Kier molecular flexibility index (Phi) is 5.46. The summed E-state index contributed by atoms with van der Waals surface area (Å²) in [5, 5.41) is 3.56. The van der Waals surface area contributed by atoms with E-state index in [4.69, 9.17) is 4.98 Å². The number of hydrogen-bond acceptors (Lipinski definition) is 2. The van der Waals surface area contributed by atoms with Gasteiger partial charge < -0.3 is 0 Å². The number of hydrogen-bond donors (Lipinski definition) is 0. The molecule has 0 spiro atoms. The predicted molar refractivity (Wildman–Crippen MR) is 170 cm³/mol. The maximum absolute atomic E-state index is 5.06. The minimum Gasteiger partial charge on any atom is -0.292 e. The van der Waals surface area contributed by atoms with E-state index in [0.29, 0.717) is 0 Å². The summed E-state index contributed by atoms with van der Waals surface area (Å²) >= 11 is 0. The van der Waals surface area contributed by atoms with Crippen molar-refractivity contribution in [3.05, 3.63) is 152 Å². The summed E-state index contributed by atoms with van der Waals surface area (Å²) in [5.74, 6) is 0.937. The highest BCUT2D eigenvalue weighted by Crippen LogP contribution is 2.35. The van der Waals surface area contributed by atoms with Gasteiger partial charge in [0.25, 0.3) is 0 Å². The van der Waals surface area contributed by atoms with Crippen molar-refractivity contribution in [3.8, 4) is 39.3 Å². The van der Waals surface area contributed by atoms with Gasteiger partial charge in [-0.3, -0.25) is 9.55 Å². The quantitative estimate of drug-likeness (QED) is 0.215. The van der Waals surface area contributed by atoms with Crippen LogP contribution in [0.25, 0.3) is 72.0 Å². The number of imidazole rings is 1. The van der Waals surface area contributed by atoms with Gasteiger partial charge in [-0.25, -0.2) is 4.98 Å². The molecule has 0 aliphatic carbocycles. The van der Waals surface area contributed by atoms with Gasteiger partial charge in [-0.1, -0.05) is 109 Å². The first-order valence-corrected chi connectivity index (χ1v) is 13.8. The van der Waals surface area contributed by atoms with Crippen LogP contribution in [0.15, 0.2) is 152 Å². The molecule has 0 amide bonds. The van der Waals surface area contributed by atoms with Crippen molar-refractivity contribution in [3.63, 3.8) is 0 Å². The summed E-state index contributed by atoms with van der Waals surface area (Å²) in [4.78, 5) is 9.72. The molecule has 0 fully saturated rings. The Morgan fingerprint density at radius 2 is 1.27 bits per heavy atom. The standard InChI is InChI=1S/C38H25N3/c1-2-12-31(13-3-1)41-36-17-5-4-16-35(36)40-38(41)30-10-6-9-29(25-30)26-18-20-27(21-19-26)32-14-7-15-34-33(32)23-22-28-11-8-24-39-37(28)34/h1-25H. The fraction of sp³-hybridized carbons (Fsp3) is 0. The van der Waals surface area contributed by atoms with Gasteiger partial charge in [-0.2, -0.15) is 0 Å². The molecule has 2 aromatic heterocycles. The third kappa shape index (κ3) is 3.98. The Morgan fingerprint density at radius 1 is 0.488 bits per heavy atom. The van der Waals surface area contributed by atoms with Crippen molar-refractivity contribution < 1.29 is 0 Å². The molecule has 6 aromatic carbocycles. The van der Waals surface area contributed by atoms with Gasteiger partial charge in [0.1, 0.15) is 5.82 Å². The first-order chi connectivity index (χ1) is 20.3. The number of rotatable bonds is 4. The van der Waals surface area contributed by atoms with Crippen molar-refractivity contribution in [1.29, 1.82) is 0 Å². The average Bonchev–Trinajstić information content (AvgIpc) is 3.45. The van der Waals surface area contributed by atoms with E-state index in [2.05, 4.69) is 137 Å². The molecule has 41 heavy (non-hydrogen) atoms. The van der Waals surface area contributed by atoms with Gasteiger partial charge in [0.2, 0.25) is 0 Å². The molecule has 0 aliphatic rings. The molecule has 192 valence electrons. The topological polar surface area (TPSA) is 30.7 Å². The molecule has 3 nitrogen and oxygen atoms in total. The largest absolute Gasteiger partial charge is 0.292 e. The van der Waals surface area contributed by atoms with E-state index >= 15 is 0 Å². The molecule has 2 heterocycles. The second kappa shape index (κ2) is 9.58. The maximum Gasteiger partial charge on any atom is 0.145 e. The first-order valence-electron chi connectivity index (χ1n) is 13.8. The molecule has 8 aromatic rings. The summed E-state index contributed by atoms with van der Waals surface area (Å²) in [7, 11) is 0. The van der Waals surface area contributed by atoms with Gasteiger partial charge in [-0.15, -0.1) is 0 Å². The summed E-state index contributed by atoms with van der Waals surface area (Å²) in [6.45, 7) is 0. The van der Waals surface area contributed by atoms with E-state index in [0.717, 1.165) is 44.6 Å². The van der Waals surface area contributed by atoms with Crippen LogP contribution in [0.2, 0.25) is 0 Å². The lowest BCUT2D eigenvalue weighted by Gasteiger charge is -2.12. The number of benzene rings is 6. The number of para-hydroxylation sites is 3. The van der Waals surface area contributed by atoms with E-state index in [1.54, 1.807) is 0 Å². The molecule has 0 unspecified atom stereocenters. The second-order valence-corrected chi connectivity index (χ2v) is 10.3. The Hall–Kier alpha value is -5.54.